The Labute approximate surface area is 118 Å². The lowest BCUT2D eigenvalue weighted by Crippen LogP contribution is -2.41. The number of likely N-dealkylation sites (tertiary alicyclic amines) is 1. The Morgan fingerprint density at radius 2 is 2.15 bits per heavy atom. The SMILES string of the molecule is CNC(=O)C1CCCN1Cc1ccccc1C(=O)OC. The lowest BCUT2D eigenvalue weighted by atomic mass is 10.1. The molecule has 20 heavy (non-hydrogen) atoms. The minimum absolute atomic E-state index is 0.0399. The number of carbonyl (C=O) groups excluding carboxylic acids is 2. The van der Waals surface area contributed by atoms with Crippen molar-refractivity contribution >= 4 is 11.9 Å². The van der Waals surface area contributed by atoms with Gasteiger partial charge < -0.3 is 10.1 Å². The van der Waals surface area contributed by atoms with Crippen LogP contribution >= 0.6 is 0 Å². The van der Waals surface area contributed by atoms with Crippen molar-refractivity contribution in [3.63, 3.8) is 0 Å². The number of benzene rings is 1. The van der Waals surface area contributed by atoms with Crippen molar-refractivity contribution in [2.24, 2.45) is 0 Å². The number of nitrogens with one attached hydrogen (secondary N) is 1. The zero-order valence-corrected chi connectivity index (χ0v) is 11.9. The summed E-state index contributed by atoms with van der Waals surface area (Å²) >= 11 is 0. The molecule has 0 radical (unpaired) electrons. The summed E-state index contributed by atoms with van der Waals surface area (Å²) in [5.41, 5.74) is 1.47. The summed E-state index contributed by atoms with van der Waals surface area (Å²) in [4.78, 5) is 25.7. The quantitative estimate of drug-likeness (QED) is 0.839. The van der Waals surface area contributed by atoms with Crippen LogP contribution in [0.25, 0.3) is 0 Å². The second-order valence-corrected chi connectivity index (χ2v) is 4.89. The highest BCUT2D eigenvalue weighted by Crippen LogP contribution is 2.22. The van der Waals surface area contributed by atoms with Gasteiger partial charge in [-0.3, -0.25) is 9.69 Å². The number of hydrogen-bond donors (Lipinski definition) is 1. The molecule has 0 saturated carbocycles. The molecule has 0 spiro atoms. The Bertz CT molecular complexity index is 502. The van der Waals surface area contributed by atoms with Crippen molar-refractivity contribution in [2.75, 3.05) is 20.7 Å². The summed E-state index contributed by atoms with van der Waals surface area (Å²) in [6.07, 6.45) is 1.86. The van der Waals surface area contributed by atoms with Crippen LogP contribution in [-0.2, 0) is 16.1 Å². The molecular formula is C15H20N2O3. The first-order valence-corrected chi connectivity index (χ1v) is 6.79. The average Bonchev–Trinajstić information content (AvgIpc) is 2.94. The Balaban J connectivity index is 2.17. The maximum absolute atomic E-state index is 11.8. The van der Waals surface area contributed by atoms with Crippen LogP contribution < -0.4 is 5.32 Å². The largest absolute Gasteiger partial charge is 0.465 e. The van der Waals surface area contributed by atoms with E-state index in [9.17, 15) is 9.59 Å². The Kier molecular flexibility index (Phi) is 4.74. The molecule has 1 unspecified atom stereocenters. The molecule has 1 aromatic carbocycles. The van der Waals surface area contributed by atoms with E-state index >= 15 is 0 Å². The summed E-state index contributed by atoms with van der Waals surface area (Å²) in [7, 11) is 3.03. The molecule has 1 N–H and O–H groups in total. The van der Waals surface area contributed by atoms with Crippen molar-refractivity contribution < 1.29 is 14.3 Å². The molecule has 1 aromatic rings. The zero-order valence-electron chi connectivity index (χ0n) is 11.9. The van der Waals surface area contributed by atoms with Gasteiger partial charge in [-0.2, -0.15) is 0 Å². The molecule has 1 fully saturated rings. The first-order valence-electron chi connectivity index (χ1n) is 6.79. The number of ether oxygens (including phenoxy) is 1. The predicted octanol–water partition coefficient (Wildman–Crippen LogP) is 1.18. The van der Waals surface area contributed by atoms with Gasteiger partial charge >= 0.3 is 5.97 Å². The topological polar surface area (TPSA) is 58.6 Å². The Morgan fingerprint density at radius 1 is 1.40 bits per heavy atom. The molecular weight excluding hydrogens is 256 g/mol. The summed E-state index contributed by atoms with van der Waals surface area (Å²) in [6.45, 7) is 1.46. The minimum atomic E-state index is -0.337. The van der Waals surface area contributed by atoms with E-state index < -0.39 is 0 Å². The molecule has 0 aliphatic carbocycles. The van der Waals surface area contributed by atoms with Crippen molar-refractivity contribution in [1.29, 1.82) is 0 Å². The third-order valence-electron chi connectivity index (χ3n) is 3.71. The molecule has 5 nitrogen and oxygen atoms in total. The third-order valence-corrected chi connectivity index (χ3v) is 3.71. The summed E-state index contributed by atoms with van der Waals surface area (Å²) in [5.74, 6) is -0.297. The zero-order chi connectivity index (χ0) is 14.5. The van der Waals surface area contributed by atoms with Crippen LogP contribution in [0.3, 0.4) is 0 Å². The average molecular weight is 276 g/mol. The van der Waals surface area contributed by atoms with Gasteiger partial charge in [0.2, 0.25) is 5.91 Å². The molecule has 1 saturated heterocycles. The van der Waals surface area contributed by atoms with Crippen LogP contribution in [0.15, 0.2) is 24.3 Å². The number of rotatable bonds is 4. The normalized spacial score (nSPS) is 18.8. The number of hydrogen-bond acceptors (Lipinski definition) is 4. The Hall–Kier alpha value is -1.88. The van der Waals surface area contributed by atoms with Gasteiger partial charge in [-0.05, 0) is 31.0 Å². The van der Waals surface area contributed by atoms with Gasteiger partial charge in [0, 0.05) is 13.6 Å². The summed E-state index contributed by atoms with van der Waals surface area (Å²) < 4.78 is 4.80. The smallest absolute Gasteiger partial charge is 0.338 e. The monoisotopic (exact) mass is 276 g/mol. The maximum atomic E-state index is 11.8. The van der Waals surface area contributed by atoms with Crippen molar-refractivity contribution in [3.8, 4) is 0 Å². The maximum Gasteiger partial charge on any atom is 0.338 e. The highest BCUT2D eigenvalue weighted by Gasteiger charge is 2.30. The summed E-state index contributed by atoms with van der Waals surface area (Å²) in [5, 5.41) is 2.70. The molecule has 108 valence electrons. The highest BCUT2D eigenvalue weighted by molar-refractivity contribution is 5.91. The number of likely N-dealkylation sites (N-methyl/N-ethyl adjacent to an activating group) is 1. The van der Waals surface area contributed by atoms with E-state index in [2.05, 4.69) is 10.2 Å². The second kappa shape index (κ2) is 6.52. The molecule has 1 atom stereocenters. The van der Waals surface area contributed by atoms with Gasteiger partial charge in [-0.15, -0.1) is 0 Å². The van der Waals surface area contributed by atoms with E-state index in [0.717, 1.165) is 24.9 Å². The van der Waals surface area contributed by atoms with E-state index in [0.29, 0.717) is 12.1 Å². The fourth-order valence-corrected chi connectivity index (χ4v) is 2.66. The van der Waals surface area contributed by atoms with Crippen LogP contribution in [0.5, 0.6) is 0 Å². The van der Waals surface area contributed by atoms with Crippen LogP contribution in [-0.4, -0.2) is 43.5 Å². The van der Waals surface area contributed by atoms with Gasteiger partial charge in [0.25, 0.3) is 0 Å². The van der Waals surface area contributed by atoms with E-state index in [4.69, 9.17) is 4.74 Å². The predicted molar refractivity (Wildman–Crippen MR) is 75.3 cm³/mol. The minimum Gasteiger partial charge on any atom is -0.465 e. The van der Waals surface area contributed by atoms with Gasteiger partial charge in [0.1, 0.15) is 0 Å². The van der Waals surface area contributed by atoms with Crippen molar-refractivity contribution in [1.82, 2.24) is 10.2 Å². The van der Waals surface area contributed by atoms with Crippen molar-refractivity contribution in [2.45, 2.75) is 25.4 Å². The lowest BCUT2D eigenvalue weighted by molar-refractivity contribution is -0.125. The van der Waals surface area contributed by atoms with E-state index in [1.165, 1.54) is 7.11 Å². The first kappa shape index (κ1) is 14.5. The lowest BCUT2D eigenvalue weighted by Gasteiger charge is -2.23. The van der Waals surface area contributed by atoms with E-state index in [1.807, 2.05) is 18.2 Å². The van der Waals surface area contributed by atoms with Gasteiger partial charge in [0.15, 0.2) is 0 Å². The van der Waals surface area contributed by atoms with Crippen LogP contribution in [0, 0.1) is 0 Å². The molecule has 0 bridgehead atoms. The number of methoxy groups -OCH3 is 1. The molecule has 1 heterocycles. The fraction of sp³-hybridized carbons (Fsp3) is 0.467. The van der Waals surface area contributed by atoms with Crippen LogP contribution in [0.1, 0.15) is 28.8 Å². The van der Waals surface area contributed by atoms with Gasteiger partial charge in [-0.25, -0.2) is 4.79 Å². The van der Waals surface area contributed by atoms with Crippen LogP contribution in [0.4, 0.5) is 0 Å². The molecule has 1 amide bonds. The second-order valence-electron chi connectivity index (χ2n) is 4.89. The third kappa shape index (κ3) is 2.99. The number of amides is 1. The standard InChI is InChI=1S/C15H20N2O3/c1-16-14(18)13-8-5-9-17(13)10-11-6-3-4-7-12(11)15(19)20-2/h3-4,6-7,13H,5,8-10H2,1-2H3,(H,16,18). The number of esters is 1. The van der Waals surface area contributed by atoms with Crippen molar-refractivity contribution in [3.05, 3.63) is 35.4 Å². The molecule has 0 aromatic heterocycles. The van der Waals surface area contributed by atoms with E-state index in [-0.39, 0.29) is 17.9 Å². The molecule has 1 aliphatic heterocycles. The molecule has 5 heteroatoms. The van der Waals surface area contributed by atoms with Gasteiger partial charge in [-0.1, -0.05) is 18.2 Å². The Morgan fingerprint density at radius 3 is 2.85 bits per heavy atom. The number of carbonyl (C=O) groups is 2. The van der Waals surface area contributed by atoms with Gasteiger partial charge in [0.05, 0.1) is 18.7 Å². The summed E-state index contributed by atoms with van der Waals surface area (Å²) in [6, 6.07) is 7.27. The number of nitrogens with zero attached hydrogens (tertiary/aromatic N) is 1. The van der Waals surface area contributed by atoms with Crippen LogP contribution in [0.2, 0.25) is 0 Å². The fourth-order valence-electron chi connectivity index (χ4n) is 2.66. The molecule has 1 aliphatic rings. The molecule has 2 rings (SSSR count). The first-order chi connectivity index (χ1) is 9.67. The highest BCUT2D eigenvalue weighted by atomic mass is 16.5. The van der Waals surface area contributed by atoms with E-state index in [1.54, 1.807) is 13.1 Å².